The van der Waals surface area contributed by atoms with Gasteiger partial charge in [-0.1, -0.05) is 30.3 Å². The van der Waals surface area contributed by atoms with Gasteiger partial charge >= 0.3 is 12.1 Å². The Kier molecular flexibility index (Phi) is 7.91. The van der Waals surface area contributed by atoms with Crippen LogP contribution >= 0.6 is 0 Å². The molecule has 0 bridgehead atoms. The van der Waals surface area contributed by atoms with Crippen molar-refractivity contribution in [1.29, 1.82) is 0 Å². The van der Waals surface area contributed by atoms with Crippen molar-refractivity contribution in [3.05, 3.63) is 88.9 Å². The number of nitrogens with one attached hydrogen (secondary N) is 2. The number of anilines is 1. The lowest BCUT2D eigenvalue weighted by Gasteiger charge is -2.40. The van der Waals surface area contributed by atoms with E-state index in [9.17, 15) is 9.59 Å². The minimum absolute atomic E-state index is 0.0680. The van der Waals surface area contributed by atoms with Crippen molar-refractivity contribution in [3.8, 4) is 0 Å². The zero-order valence-electron chi connectivity index (χ0n) is 25.2. The lowest BCUT2D eigenvalue weighted by molar-refractivity contribution is 0.0463. The maximum atomic E-state index is 13.5. The number of likely N-dealkylation sites (tertiary alicyclic amines) is 2. The van der Waals surface area contributed by atoms with Gasteiger partial charge in [0, 0.05) is 55.9 Å². The Labute approximate surface area is 257 Å². The van der Waals surface area contributed by atoms with Gasteiger partial charge in [-0.3, -0.25) is 15.0 Å². The molecule has 10 nitrogen and oxygen atoms in total. The molecule has 1 atom stereocenters. The van der Waals surface area contributed by atoms with Crippen molar-refractivity contribution in [1.82, 2.24) is 29.9 Å². The molecule has 3 aliphatic heterocycles. The first-order chi connectivity index (χ1) is 21.5. The monoisotopic (exact) mass is 593 g/mol. The van der Waals surface area contributed by atoms with Crippen LogP contribution in [0.4, 0.5) is 15.3 Å². The summed E-state index contributed by atoms with van der Waals surface area (Å²) < 4.78 is 6.20. The molecule has 0 spiro atoms. The fourth-order valence-corrected chi connectivity index (χ4v) is 6.88. The summed E-state index contributed by atoms with van der Waals surface area (Å²) in [6.07, 6.45) is 5.27. The number of para-hydroxylation sites is 1. The molecule has 0 aliphatic carbocycles. The Bertz CT molecular complexity index is 1640. The van der Waals surface area contributed by atoms with E-state index in [1.165, 1.54) is 12.8 Å². The molecule has 10 heteroatoms. The second kappa shape index (κ2) is 12.3. The van der Waals surface area contributed by atoms with Crippen LogP contribution in [-0.2, 0) is 24.2 Å². The SMILES string of the molecule is Cc1cc(CC(OC(=O)N2CCC(N3Cc4ccccc4NC3=O)CC2)c2ccccn2)cc2c(CN3CCCC3)[nH]nc12. The molecule has 5 heterocycles. The summed E-state index contributed by atoms with van der Waals surface area (Å²) in [5.74, 6) is 0. The highest BCUT2D eigenvalue weighted by molar-refractivity contribution is 5.92. The molecule has 3 amide bonds. The molecular formula is C34H39N7O3. The topological polar surface area (TPSA) is 107 Å². The molecule has 3 aliphatic rings. The normalized spacial score (nSPS) is 18.3. The van der Waals surface area contributed by atoms with Gasteiger partial charge in [0.25, 0.3) is 0 Å². The number of pyridine rings is 1. The minimum atomic E-state index is -0.531. The van der Waals surface area contributed by atoms with Crippen molar-refractivity contribution in [3.63, 3.8) is 0 Å². The molecule has 4 aromatic rings. The molecule has 2 aromatic heterocycles. The molecule has 2 aromatic carbocycles. The molecule has 2 N–H and O–H groups in total. The van der Waals surface area contributed by atoms with Crippen LogP contribution in [0.15, 0.2) is 60.8 Å². The fourth-order valence-electron chi connectivity index (χ4n) is 6.88. The van der Waals surface area contributed by atoms with Gasteiger partial charge in [0.1, 0.15) is 6.10 Å². The lowest BCUT2D eigenvalue weighted by atomic mass is 9.99. The van der Waals surface area contributed by atoms with Gasteiger partial charge in [-0.15, -0.1) is 0 Å². The van der Waals surface area contributed by atoms with Crippen molar-refractivity contribution >= 4 is 28.7 Å². The zero-order valence-corrected chi connectivity index (χ0v) is 25.2. The average molecular weight is 594 g/mol. The Morgan fingerprint density at radius 1 is 1.05 bits per heavy atom. The molecule has 7 rings (SSSR count). The van der Waals surface area contributed by atoms with E-state index in [0.29, 0.717) is 38.9 Å². The molecule has 228 valence electrons. The van der Waals surface area contributed by atoms with Crippen LogP contribution in [0.1, 0.15) is 59.9 Å². The van der Waals surface area contributed by atoms with E-state index in [2.05, 4.69) is 44.5 Å². The number of aromatic nitrogens is 3. The Morgan fingerprint density at radius 2 is 1.84 bits per heavy atom. The number of nitrogens with zero attached hydrogens (tertiary/aromatic N) is 5. The van der Waals surface area contributed by atoms with E-state index in [1.807, 2.05) is 47.4 Å². The van der Waals surface area contributed by atoms with Gasteiger partial charge in [0.15, 0.2) is 0 Å². The number of benzene rings is 2. The predicted octanol–water partition coefficient (Wildman–Crippen LogP) is 5.79. The van der Waals surface area contributed by atoms with Crippen LogP contribution in [-0.4, -0.2) is 74.2 Å². The third-order valence-electron chi connectivity index (χ3n) is 9.27. The van der Waals surface area contributed by atoms with Crippen LogP contribution in [0, 0.1) is 6.92 Å². The summed E-state index contributed by atoms with van der Waals surface area (Å²) in [7, 11) is 0. The van der Waals surface area contributed by atoms with Crippen LogP contribution in [0.2, 0.25) is 0 Å². The molecular weight excluding hydrogens is 554 g/mol. The highest BCUT2D eigenvalue weighted by atomic mass is 16.6. The number of piperidine rings is 1. The smallest absolute Gasteiger partial charge is 0.410 e. The average Bonchev–Trinajstić information content (AvgIpc) is 3.72. The van der Waals surface area contributed by atoms with E-state index in [0.717, 1.165) is 64.3 Å². The fraction of sp³-hybridized carbons (Fsp3) is 0.412. The molecule has 1 unspecified atom stereocenters. The largest absolute Gasteiger partial charge is 0.439 e. The molecule has 44 heavy (non-hydrogen) atoms. The number of hydrogen-bond acceptors (Lipinski definition) is 6. The third kappa shape index (κ3) is 5.86. The number of amides is 3. The number of H-pyrrole nitrogens is 1. The highest BCUT2D eigenvalue weighted by Crippen LogP contribution is 2.30. The number of urea groups is 1. The van der Waals surface area contributed by atoms with Crippen molar-refractivity contribution in [2.45, 2.75) is 64.3 Å². The van der Waals surface area contributed by atoms with E-state index >= 15 is 0 Å². The zero-order chi connectivity index (χ0) is 30.0. The van der Waals surface area contributed by atoms with E-state index in [1.54, 1.807) is 11.1 Å². The summed E-state index contributed by atoms with van der Waals surface area (Å²) >= 11 is 0. The number of carbonyl (C=O) groups is 2. The number of aryl methyl sites for hydroxylation is 1. The lowest BCUT2D eigenvalue weighted by Crippen LogP contribution is -2.51. The van der Waals surface area contributed by atoms with Crippen LogP contribution in [0.5, 0.6) is 0 Å². The Balaban J connectivity index is 1.04. The maximum absolute atomic E-state index is 13.5. The standard InChI is InChI=1S/C34H39N7O3/c1-23-18-24(19-27-30(37-38-32(23)27)22-39-14-6-7-15-39)20-31(29-10-4-5-13-35-29)44-34(43)40-16-11-26(12-17-40)41-21-25-8-2-3-9-28(25)36-33(41)42/h2-5,8-10,13,18-19,26,31H,6-7,11-12,14-17,20-22H2,1H3,(H,36,42)(H,37,38). The summed E-state index contributed by atoms with van der Waals surface area (Å²) in [6, 6.07) is 17.9. The molecule has 2 fully saturated rings. The number of rotatable bonds is 7. The van der Waals surface area contributed by atoms with Crippen LogP contribution < -0.4 is 5.32 Å². The van der Waals surface area contributed by atoms with Gasteiger partial charge in [-0.25, -0.2) is 9.59 Å². The van der Waals surface area contributed by atoms with E-state index in [-0.39, 0.29) is 18.2 Å². The van der Waals surface area contributed by atoms with E-state index in [4.69, 9.17) is 4.74 Å². The Hall–Kier alpha value is -4.44. The maximum Gasteiger partial charge on any atom is 0.410 e. The number of hydrogen-bond donors (Lipinski definition) is 2. The first-order valence-corrected chi connectivity index (χ1v) is 15.7. The van der Waals surface area contributed by atoms with Crippen molar-refractivity contribution < 1.29 is 14.3 Å². The summed E-state index contributed by atoms with van der Waals surface area (Å²) in [5.41, 5.74) is 7.01. The summed E-state index contributed by atoms with van der Waals surface area (Å²) in [4.78, 5) is 37.1. The Morgan fingerprint density at radius 3 is 2.64 bits per heavy atom. The first-order valence-electron chi connectivity index (χ1n) is 15.7. The number of fused-ring (bicyclic) bond motifs is 2. The van der Waals surface area contributed by atoms with Crippen LogP contribution in [0.3, 0.4) is 0 Å². The van der Waals surface area contributed by atoms with Gasteiger partial charge in [0.2, 0.25) is 0 Å². The number of aromatic amines is 1. The predicted molar refractivity (Wildman–Crippen MR) is 168 cm³/mol. The van der Waals surface area contributed by atoms with Crippen molar-refractivity contribution in [2.24, 2.45) is 0 Å². The summed E-state index contributed by atoms with van der Waals surface area (Å²) in [5, 5.41) is 12.0. The quantitative estimate of drug-likeness (QED) is 0.281. The number of ether oxygens (including phenoxy) is 1. The van der Waals surface area contributed by atoms with Gasteiger partial charge in [-0.2, -0.15) is 5.10 Å². The molecule has 2 saturated heterocycles. The van der Waals surface area contributed by atoms with Crippen LogP contribution in [0.25, 0.3) is 10.9 Å². The first kappa shape index (κ1) is 28.3. The minimum Gasteiger partial charge on any atom is -0.439 e. The molecule has 0 radical (unpaired) electrons. The van der Waals surface area contributed by atoms with Crippen molar-refractivity contribution in [2.75, 3.05) is 31.5 Å². The van der Waals surface area contributed by atoms with Gasteiger partial charge < -0.3 is 19.9 Å². The summed E-state index contributed by atoms with van der Waals surface area (Å²) in [6.45, 7) is 6.83. The highest BCUT2D eigenvalue weighted by Gasteiger charge is 2.34. The van der Waals surface area contributed by atoms with Gasteiger partial charge in [-0.05, 0) is 86.7 Å². The molecule has 0 saturated carbocycles. The number of carbonyl (C=O) groups excluding carboxylic acids is 2. The van der Waals surface area contributed by atoms with Gasteiger partial charge in [0.05, 0.1) is 16.9 Å². The third-order valence-corrected chi connectivity index (χ3v) is 9.27. The second-order valence-corrected chi connectivity index (χ2v) is 12.3. The van der Waals surface area contributed by atoms with E-state index < -0.39 is 6.10 Å². The second-order valence-electron chi connectivity index (χ2n) is 12.3.